The van der Waals surface area contributed by atoms with Gasteiger partial charge in [0.05, 0.1) is 34.5 Å². The van der Waals surface area contributed by atoms with Gasteiger partial charge in [-0.2, -0.15) is 0 Å². The van der Waals surface area contributed by atoms with Gasteiger partial charge in [0.25, 0.3) is 5.91 Å². The summed E-state index contributed by atoms with van der Waals surface area (Å²) in [4.78, 5) is 37.8. The Morgan fingerprint density at radius 3 is 2.43 bits per heavy atom. The number of nitrogens with one attached hydrogen (secondary N) is 4. The van der Waals surface area contributed by atoms with Crippen LogP contribution in [-0.4, -0.2) is 66.4 Å². The highest BCUT2D eigenvalue weighted by Gasteiger charge is 2.32. The second-order valence-corrected chi connectivity index (χ2v) is 15.7. The molecule has 2 amide bonds. The van der Waals surface area contributed by atoms with Crippen molar-refractivity contribution in [3.8, 4) is 10.7 Å². The number of unbranched alkanes of at least 4 members (excludes halogenated alkanes) is 2. The van der Waals surface area contributed by atoms with E-state index in [4.69, 9.17) is 9.98 Å². The van der Waals surface area contributed by atoms with Gasteiger partial charge < -0.3 is 26.4 Å². The van der Waals surface area contributed by atoms with Crippen LogP contribution in [0.4, 0.5) is 11.4 Å². The Labute approximate surface area is 329 Å². The first-order chi connectivity index (χ1) is 27.1. The van der Waals surface area contributed by atoms with Crippen molar-refractivity contribution in [1.82, 2.24) is 34.9 Å². The molecule has 14 heteroatoms. The minimum absolute atomic E-state index is 0.0895. The number of aliphatic hydroxyl groups excluding tert-OH is 1. The van der Waals surface area contributed by atoms with Crippen molar-refractivity contribution in [2.75, 3.05) is 23.7 Å². The number of amides is 2. The van der Waals surface area contributed by atoms with Crippen molar-refractivity contribution in [1.29, 1.82) is 0 Å². The second-order valence-electron chi connectivity index (χ2n) is 14.5. The number of carbonyl (C=O) groups excluding carboxylic acids is 2. The number of nitrogens with zero attached hydrogens (tertiary/aromatic N) is 6. The van der Waals surface area contributed by atoms with E-state index in [0.717, 1.165) is 80.8 Å². The fourth-order valence-electron chi connectivity index (χ4n) is 7.49. The molecule has 2 aliphatic heterocycles. The summed E-state index contributed by atoms with van der Waals surface area (Å²) in [5.41, 5.74) is 10.1. The van der Waals surface area contributed by atoms with Crippen molar-refractivity contribution < 1.29 is 14.7 Å². The molecule has 0 bridgehead atoms. The lowest BCUT2D eigenvalue weighted by Crippen LogP contribution is -2.27. The molecule has 0 saturated carbocycles. The zero-order valence-electron chi connectivity index (χ0n) is 32.2. The van der Waals surface area contributed by atoms with Gasteiger partial charge in [0.15, 0.2) is 5.82 Å². The lowest BCUT2D eigenvalue weighted by Gasteiger charge is -2.13. The molecule has 2 aliphatic rings. The number of thiophene rings is 1. The Hall–Kier alpha value is -5.86. The predicted molar refractivity (Wildman–Crippen MR) is 221 cm³/mol. The largest absolute Gasteiger partial charge is 0.357 e. The summed E-state index contributed by atoms with van der Waals surface area (Å²) in [6, 6.07) is 19.4. The summed E-state index contributed by atoms with van der Waals surface area (Å²) < 4.78 is 4.16. The van der Waals surface area contributed by atoms with E-state index in [-0.39, 0.29) is 18.2 Å². The number of aliphatic imine (C=N–C) groups is 1. The summed E-state index contributed by atoms with van der Waals surface area (Å²) in [5, 5.41) is 32.0. The maximum absolute atomic E-state index is 13.4. The zero-order valence-corrected chi connectivity index (χ0v) is 33.0. The molecule has 288 valence electrons. The standard InChI is InChI=1S/C42H46N10O3S/c1-6-35-45-32-20-28(14-17-34(32)52(35)29-15-16-30-31(21-29)48-42(55)47-30)40(54)44-19-9-7-8-18-43-36(53)22-33-39-50-49-26(5)51(39)41-37(24(3)25(4)56-41)38(46-33)27-12-10-23(2)11-13-27/h10-17,20-21,33,42,47-48,55H,6-9,18-19,22H2,1-5H3,(H,43,53)(H,44,54)/t33-,42?/m0/s1. The highest BCUT2D eigenvalue weighted by Crippen LogP contribution is 2.39. The number of aryl methyl sites for hydroxylation is 4. The number of aliphatic hydroxyl groups is 1. The van der Waals surface area contributed by atoms with E-state index in [1.165, 1.54) is 16.0 Å². The fraction of sp³-hybridized carbons (Fsp3) is 0.333. The third kappa shape index (κ3) is 7.05. The van der Waals surface area contributed by atoms with Crippen LogP contribution >= 0.6 is 11.3 Å². The van der Waals surface area contributed by atoms with Gasteiger partial charge in [-0.1, -0.05) is 36.8 Å². The van der Waals surface area contributed by atoms with Crippen LogP contribution in [0.2, 0.25) is 0 Å². The molecule has 0 fully saturated rings. The van der Waals surface area contributed by atoms with Crippen LogP contribution in [0.25, 0.3) is 21.7 Å². The van der Waals surface area contributed by atoms with E-state index < -0.39 is 12.4 Å². The maximum Gasteiger partial charge on any atom is 0.251 e. The second kappa shape index (κ2) is 15.3. The Balaban J connectivity index is 0.853. The lowest BCUT2D eigenvalue weighted by molar-refractivity contribution is -0.121. The van der Waals surface area contributed by atoms with Crippen molar-refractivity contribution in [2.24, 2.45) is 4.99 Å². The lowest BCUT2D eigenvalue weighted by atomic mass is 9.99. The first kappa shape index (κ1) is 37.1. The molecule has 3 aromatic carbocycles. The average molecular weight is 771 g/mol. The molecule has 0 radical (unpaired) electrons. The first-order valence-corrected chi connectivity index (χ1v) is 20.0. The summed E-state index contributed by atoms with van der Waals surface area (Å²) in [6.07, 6.45) is 2.46. The molecule has 6 aromatic rings. The zero-order chi connectivity index (χ0) is 39.1. The molecular formula is C42H46N10O3S. The number of imidazole rings is 1. The monoisotopic (exact) mass is 770 g/mol. The molecule has 0 aliphatic carbocycles. The average Bonchev–Trinajstić information content (AvgIpc) is 3.92. The summed E-state index contributed by atoms with van der Waals surface area (Å²) in [6.45, 7) is 11.4. The molecule has 2 atom stereocenters. The number of fused-ring (bicyclic) bond motifs is 5. The van der Waals surface area contributed by atoms with Crippen LogP contribution in [-0.2, 0) is 11.2 Å². The number of rotatable bonds is 12. The number of carbonyl (C=O) groups is 2. The Morgan fingerprint density at radius 1 is 0.875 bits per heavy atom. The number of aromatic nitrogens is 5. The summed E-state index contributed by atoms with van der Waals surface area (Å²) in [5.74, 6) is 2.09. The first-order valence-electron chi connectivity index (χ1n) is 19.2. The van der Waals surface area contributed by atoms with Crippen LogP contribution in [0.1, 0.15) is 93.6 Å². The molecule has 0 spiro atoms. The van der Waals surface area contributed by atoms with E-state index >= 15 is 0 Å². The number of hydrogen-bond acceptors (Lipinski definition) is 10. The molecular weight excluding hydrogens is 725 g/mol. The molecule has 13 nitrogen and oxygen atoms in total. The molecule has 5 N–H and O–H groups in total. The van der Waals surface area contributed by atoms with Crippen LogP contribution in [0.5, 0.6) is 0 Å². The van der Waals surface area contributed by atoms with E-state index in [0.29, 0.717) is 30.9 Å². The summed E-state index contributed by atoms with van der Waals surface area (Å²) >= 11 is 1.70. The molecule has 1 unspecified atom stereocenters. The van der Waals surface area contributed by atoms with E-state index in [2.05, 4.69) is 92.6 Å². The van der Waals surface area contributed by atoms with Gasteiger partial charge >= 0.3 is 0 Å². The molecule has 3 aromatic heterocycles. The maximum atomic E-state index is 13.4. The van der Waals surface area contributed by atoms with Crippen molar-refractivity contribution >= 4 is 51.3 Å². The molecule has 8 rings (SSSR count). The van der Waals surface area contributed by atoms with Crippen LogP contribution in [0.15, 0.2) is 65.7 Å². The van der Waals surface area contributed by atoms with E-state index in [1.807, 2.05) is 43.3 Å². The van der Waals surface area contributed by atoms with Gasteiger partial charge in [-0.3, -0.25) is 23.7 Å². The quantitative estimate of drug-likeness (QED) is 0.0873. The van der Waals surface area contributed by atoms with Gasteiger partial charge in [0.1, 0.15) is 22.7 Å². The Kier molecular flexibility index (Phi) is 10.2. The minimum Gasteiger partial charge on any atom is -0.357 e. The third-order valence-electron chi connectivity index (χ3n) is 10.6. The predicted octanol–water partition coefficient (Wildman–Crippen LogP) is 6.58. The smallest absolute Gasteiger partial charge is 0.251 e. The Morgan fingerprint density at radius 2 is 1.64 bits per heavy atom. The van der Waals surface area contributed by atoms with Crippen LogP contribution in [0, 0.1) is 27.7 Å². The van der Waals surface area contributed by atoms with E-state index in [1.54, 1.807) is 11.3 Å². The summed E-state index contributed by atoms with van der Waals surface area (Å²) in [7, 11) is 0. The topological polar surface area (TPSA) is 163 Å². The van der Waals surface area contributed by atoms with Crippen molar-refractivity contribution in [3.63, 3.8) is 0 Å². The Bertz CT molecular complexity index is 2500. The minimum atomic E-state index is -0.816. The molecule has 5 heterocycles. The molecule has 56 heavy (non-hydrogen) atoms. The fourth-order valence-corrected chi connectivity index (χ4v) is 8.70. The third-order valence-corrected chi connectivity index (χ3v) is 11.7. The highest BCUT2D eigenvalue weighted by molar-refractivity contribution is 7.15. The number of benzene rings is 3. The van der Waals surface area contributed by atoms with Crippen LogP contribution < -0.4 is 21.3 Å². The molecule has 0 saturated heterocycles. The van der Waals surface area contributed by atoms with Crippen LogP contribution in [0.3, 0.4) is 0 Å². The van der Waals surface area contributed by atoms with Gasteiger partial charge in [-0.25, -0.2) is 4.98 Å². The van der Waals surface area contributed by atoms with Gasteiger partial charge in [0.2, 0.25) is 12.3 Å². The van der Waals surface area contributed by atoms with Crippen molar-refractivity contribution in [3.05, 3.63) is 111 Å². The van der Waals surface area contributed by atoms with E-state index in [9.17, 15) is 14.7 Å². The van der Waals surface area contributed by atoms with Gasteiger partial charge in [0, 0.05) is 46.8 Å². The SMILES string of the molecule is CCc1nc2cc(C(=O)NCCCCCNC(=O)C[C@@H]3N=C(c4ccc(C)cc4)c4c(sc(C)c4C)-n4c(C)nnc43)ccc2n1-c1ccc2c(c1)NC(O)N2. The normalized spacial score (nSPS) is 15.6. The van der Waals surface area contributed by atoms with Gasteiger partial charge in [-0.15, -0.1) is 21.5 Å². The van der Waals surface area contributed by atoms with Gasteiger partial charge in [-0.05, 0) is 88.9 Å². The number of anilines is 2. The number of hydrogen-bond donors (Lipinski definition) is 5. The highest BCUT2D eigenvalue weighted by atomic mass is 32.1. The van der Waals surface area contributed by atoms with Crippen molar-refractivity contribution in [2.45, 2.75) is 79.1 Å².